The Hall–Kier alpha value is 0.447. The van der Waals surface area contributed by atoms with Crippen LogP contribution in [-0.2, 0) is 13.3 Å². The molecule has 0 saturated carbocycles. The Balaban J connectivity index is 4.07. The van der Waals surface area contributed by atoms with Gasteiger partial charge in [0.05, 0.1) is 0 Å². The summed E-state index contributed by atoms with van der Waals surface area (Å²) in [5, 5.41) is 0. The molecule has 0 fully saturated rings. The topological polar surface area (TPSA) is 27.7 Å². The van der Waals surface area contributed by atoms with Gasteiger partial charge in [0.1, 0.15) is 0 Å². The molecule has 0 radical (unpaired) electrons. The van der Waals surface area contributed by atoms with Gasteiger partial charge in [-0.25, -0.2) is 0 Å². The molecule has 13 heavy (non-hydrogen) atoms. The van der Waals surface area contributed by atoms with Crippen LogP contribution in [-0.4, -0.2) is 34.4 Å². The fraction of sp³-hybridized carbons (Fsp3) is 1.00. The highest BCUT2D eigenvalue weighted by Gasteiger charge is 2.38. The lowest BCUT2D eigenvalue weighted by molar-refractivity contribution is 0.0734. The van der Waals surface area contributed by atoms with E-state index in [1.807, 2.05) is 20.8 Å². The van der Waals surface area contributed by atoms with Gasteiger partial charge in [0.15, 0.2) is 0 Å². The highest BCUT2D eigenvalue weighted by atomic mass is 32.1. The summed E-state index contributed by atoms with van der Waals surface area (Å²) in [6.45, 7) is 7.85. The minimum atomic E-state index is -2.34. The van der Waals surface area contributed by atoms with Gasteiger partial charge in [-0.05, 0) is 13.8 Å². The molecule has 3 nitrogen and oxygen atoms in total. The molecule has 0 saturated heterocycles. The summed E-state index contributed by atoms with van der Waals surface area (Å²) in [5.74, 6) is 0.703. The van der Waals surface area contributed by atoms with Gasteiger partial charge in [0.2, 0.25) is 0 Å². The van der Waals surface area contributed by atoms with E-state index in [-0.39, 0.29) is 0 Å². The van der Waals surface area contributed by atoms with E-state index in [0.29, 0.717) is 25.6 Å². The third kappa shape index (κ3) is 5.02. The van der Waals surface area contributed by atoms with E-state index in [0.717, 1.165) is 6.04 Å². The number of hydrogen-bond donors (Lipinski definition) is 1. The van der Waals surface area contributed by atoms with Crippen molar-refractivity contribution in [1.82, 2.24) is 0 Å². The average molecular weight is 224 g/mol. The average Bonchev–Trinajstić information content (AvgIpc) is 2.15. The van der Waals surface area contributed by atoms with Crippen LogP contribution in [0.15, 0.2) is 0 Å². The highest BCUT2D eigenvalue weighted by Crippen LogP contribution is 2.14. The predicted molar refractivity (Wildman–Crippen MR) is 59.3 cm³/mol. The lowest BCUT2D eigenvalue weighted by Crippen LogP contribution is -2.45. The monoisotopic (exact) mass is 224 g/mol. The summed E-state index contributed by atoms with van der Waals surface area (Å²) in [6.07, 6.45) is 0. The van der Waals surface area contributed by atoms with Crippen molar-refractivity contribution in [3.63, 3.8) is 0 Å². The van der Waals surface area contributed by atoms with Gasteiger partial charge in [-0.2, -0.15) is 12.6 Å². The minimum absolute atomic E-state index is 0.600. The first-order valence-corrected chi connectivity index (χ1v) is 7.33. The molecule has 0 aliphatic rings. The molecule has 0 rings (SSSR count). The Labute approximate surface area is 87.5 Å². The second kappa shape index (κ2) is 7.81. The molecule has 0 atom stereocenters. The van der Waals surface area contributed by atoms with Gasteiger partial charge >= 0.3 is 8.80 Å². The second-order valence-electron chi connectivity index (χ2n) is 2.47. The summed E-state index contributed by atoms with van der Waals surface area (Å²) in [4.78, 5) is 0. The first-order chi connectivity index (χ1) is 6.24. The van der Waals surface area contributed by atoms with Crippen molar-refractivity contribution in [2.75, 3.05) is 25.6 Å². The van der Waals surface area contributed by atoms with E-state index in [4.69, 9.17) is 13.3 Å². The molecule has 0 aromatic carbocycles. The maximum absolute atomic E-state index is 5.63. The molecule has 5 heteroatoms. The van der Waals surface area contributed by atoms with E-state index in [2.05, 4.69) is 12.6 Å². The van der Waals surface area contributed by atoms with Gasteiger partial charge in [-0.3, -0.25) is 0 Å². The standard InChI is InChI=1S/C8H20O3SSi/c1-4-9-13(6-3,10-5-2)11-7-8-12/h12H,4-8H2,1-3H3. The van der Waals surface area contributed by atoms with Crippen LogP contribution in [0.1, 0.15) is 20.8 Å². The maximum Gasteiger partial charge on any atom is 0.500 e. The van der Waals surface area contributed by atoms with Crippen LogP contribution in [0.2, 0.25) is 6.04 Å². The van der Waals surface area contributed by atoms with Crippen LogP contribution < -0.4 is 0 Å². The molecule has 0 aliphatic carbocycles. The van der Waals surface area contributed by atoms with Crippen LogP contribution in [0.25, 0.3) is 0 Å². The quantitative estimate of drug-likeness (QED) is 0.504. The molecular formula is C8H20O3SSi. The van der Waals surface area contributed by atoms with Crippen LogP contribution in [0, 0.1) is 0 Å². The second-order valence-corrected chi connectivity index (χ2v) is 5.86. The van der Waals surface area contributed by atoms with E-state index < -0.39 is 8.80 Å². The van der Waals surface area contributed by atoms with Crippen molar-refractivity contribution < 1.29 is 13.3 Å². The molecule has 0 aromatic heterocycles. The van der Waals surface area contributed by atoms with Gasteiger partial charge < -0.3 is 13.3 Å². The molecule has 0 aliphatic heterocycles. The third-order valence-electron chi connectivity index (χ3n) is 1.57. The fourth-order valence-corrected chi connectivity index (χ4v) is 3.49. The SMILES string of the molecule is CCO[Si](CC)(OCC)OCCS. The Bertz CT molecular complexity index is 118. The van der Waals surface area contributed by atoms with Crippen LogP contribution in [0.4, 0.5) is 0 Å². The van der Waals surface area contributed by atoms with E-state index in [9.17, 15) is 0 Å². The fourth-order valence-electron chi connectivity index (χ4n) is 1.07. The number of thiol groups is 1. The molecule has 0 amide bonds. The molecule has 80 valence electrons. The molecular weight excluding hydrogens is 204 g/mol. The highest BCUT2D eigenvalue weighted by molar-refractivity contribution is 7.80. The minimum Gasteiger partial charge on any atom is -0.374 e. The van der Waals surface area contributed by atoms with E-state index in [1.165, 1.54) is 0 Å². The molecule has 0 heterocycles. The Morgan fingerprint density at radius 1 is 1.00 bits per heavy atom. The summed E-state index contributed by atoms with van der Waals surface area (Å²) in [6, 6.07) is 0.822. The normalized spacial score (nSPS) is 12.0. The van der Waals surface area contributed by atoms with Crippen LogP contribution >= 0.6 is 12.6 Å². The van der Waals surface area contributed by atoms with Gasteiger partial charge in [-0.15, -0.1) is 0 Å². The molecule has 0 N–H and O–H groups in total. The number of rotatable bonds is 8. The summed E-state index contributed by atoms with van der Waals surface area (Å²) in [5.41, 5.74) is 0. The zero-order valence-corrected chi connectivity index (χ0v) is 10.6. The smallest absolute Gasteiger partial charge is 0.374 e. The Morgan fingerprint density at radius 3 is 1.85 bits per heavy atom. The van der Waals surface area contributed by atoms with Gasteiger partial charge in [0, 0.05) is 31.6 Å². The first kappa shape index (κ1) is 13.4. The maximum atomic E-state index is 5.63. The number of hydrogen-bond acceptors (Lipinski definition) is 4. The van der Waals surface area contributed by atoms with Crippen molar-refractivity contribution in [1.29, 1.82) is 0 Å². The van der Waals surface area contributed by atoms with Crippen molar-refractivity contribution >= 4 is 21.4 Å². The van der Waals surface area contributed by atoms with Gasteiger partial charge in [-0.1, -0.05) is 6.92 Å². The zero-order chi connectivity index (χ0) is 10.2. The van der Waals surface area contributed by atoms with Crippen LogP contribution in [0.3, 0.4) is 0 Å². The van der Waals surface area contributed by atoms with Crippen molar-refractivity contribution in [3.8, 4) is 0 Å². The molecule has 0 unspecified atom stereocenters. The molecule has 0 bridgehead atoms. The van der Waals surface area contributed by atoms with Crippen molar-refractivity contribution in [3.05, 3.63) is 0 Å². The lowest BCUT2D eigenvalue weighted by Gasteiger charge is -2.27. The lowest BCUT2D eigenvalue weighted by atomic mass is 10.9. The van der Waals surface area contributed by atoms with E-state index in [1.54, 1.807) is 0 Å². The van der Waals surface area contributed by atoms with Crippen molar-refractivity contribution in [2.24, 2.45) is 0 Å². The molecule has 0 aromatic rings. The summed E-state index contributed by atoms with van der Waals surface area (Å²) >= 11 is 4.09. The van der Waals surface area contributed by atoms with E-state index >= 15 is 0 Å². The van der Waals surface area contributed by atoms with Crippen LogP contribution in [0.5, 0.6) is 0 Å². The third-order valence-corrected chi connectivity index (χ3v) is 4.72. The van der Waals surface area contributed by atoms with Crippen molar-refractivity contribution in [2.45, 2.75) is 26.8 Å². The predicted octanol–water partition coefficient (Wildman–Crippen LogP) is 1.96. The molecule has 0 spiro atoms. The Morgan fingerprint density at radius 2 is 1.54 bits per heavy atom. The van der Waals surface area contributed by atoms with Gasteiger partial charge in [0.25, 0.3) is 0 Å². The first-order valence-electron chi connectivity index (χ1n) is 4.77. The Kier molecular flexibility index (Phi) is 8.08. The largest absolute Gasteiger partial charge is 0.500 e. The summed E-state index contributed by atoms with van der Waals surface area (Å²) in [7, 11) is -2.34. The zero-order valence-electron chi connectivity index (χ0n) is 8.71. The summed E-state index contributed by atoms with van der Waals surface area (Å²) < 4.78 is 16.8.